The van der Waals surface area contributed by atoms with E-state index < -0.39 is 22.5 Å². The average Bonchev–Trinajstić information content (AvgIpc) is 2.83. The Morgan fingerprint density at radius 3 is 2.09 bits per heavy atom. The zero-order valence-corrected chi connectivity index (χ0v) is 20.0. The number of amides is 1. The smallest absolute Gasteiger partial charge is 0.387 e. The molecule has 3 aromatic carbocycles. The van der Waals surface area contributed by atoms with Gasteiger partial charge in [-0.3, -0.25) is 15.6 Å². The molecule has 0 heterocycles. The number of ether oxygens (including phenoxy) is 1. The van der Waals surface area contributed by atoms with Gasteiger partial charge in [-0.15, -0.1) is 0 Å². The highest BCUT2D eigenvalue weighted by molar-refractivity contribution is 7.89. The van der Waals surface area contributed by atoms with Crippen molar-refractivity contribution in [1.29, 1.82) is 0 Å². The third-order valence-electron chi connectivity index (χ3n) is 5.11. The van der Waals surface area contributed by atoms with E-state index in [1.54, 1.807) is 48.5 Å². The molecule has 0 bridgehead atoms. The highest BCUT2D eigenvalue weighted by Gasteiger charge is 2.20. The predicted octanol–water partition coefficient (Wildman–Crippen LogP) is 4.32. The number of halogens is 2. The largest absolute Gasteiger partial charge is 0.435 e. The molecule has 0 unspecified atom stereocenters. The van der Waals surface area contributed by atoms with Gasteiger partial charge in [-0.25, -0.2) is 8.42 Å². The van der Waals surface area contributed by atoms with Gasteiger partial charge in [0.15, 0.2) is 0 Å². The molecule has 10 heteroatoms. The molecular formula is C25H25F2N3O4S. The molecule has 3 aromatic rings. The second-order valence-corrected chi connectivity index (χ2v) is 9.78. The summed E-state index contributed by atoms with van der Waals surface area (Å²) >= 11 is 0. The van der Waals surface area contributed by atoms with Crippen LogP contribution in [0.4, 0.5) is 8.78 Å². The Hall–Kier alpha value is -3.76. The summed E-state index contributed by atoms with van der Waals surface area (Å²) in [6.07, 6.45) is 0. The van der Waals surface area contributed by atoms with Crippen molar-refractivity contribution in [3.05, 3.63) is 102 Å². The molecule has 0 spiro atoms. The number of hydrazine groups is 1. The number of carbonyl (C=O) groups excluding carboxylic acids is 1. The summed E-state index contributed by atoms with van der Waals surface area (Å²) in [5.41, 5.74) is 8.13. The minimum Gasteiger partial charge on any atom is -0.435 e. The Balaban J connectivity index is 1.55. The van der Waals surface area contributed by atoms with Gasteiger partial charge in [-0.05, 0) is 66.6 Å². The maximum absolute atomic E-state index is 12.8. The van der Waals surface area contributed by atoms with Crippen LogP contribution >= 0.6 is 0 Å². The molecule has 0 saturated heterocycles. The van der Waals surface area contributed by atoms with Crippen molar-refractivity contribution in [3.8, 4) is 5.75 Å². The lowest BCUT2D eigenvalue weighted by molar-refractivity contribution is -0.0498. The second kappa shape index (κ2) is 11.1. The van der Waals surface area contributed by atoms with Gasteiger partial charge in [0.1, 0.15) is 5.75 Å². The Bertz CT molecular complexity index is 1280. The van der Waals surface area contributed by atoms with E-state index in [9.17, 15) is 22.0 Å². The molecule has 0 aliphatic rings. The third-order valence-corrected chi connectivity index (χ3v) is 6.92. The Morgan fingerprint density at radius 1 is 0.943 bits per heavy atom. The lowest BCUT2D eigenvalue weighted by atomic mass is 10.1. The fraction of sp³-hybridized carbons (Fsp3) is 0.160. The van der Waals surface area contributed by atoms with Gasteiger partial charge < -0.3 is 4.74 Å². The van der Waals surface area contributed by atoms with E-state index >= 15 is 0 Å². The van der Waals surface area contributed by atoms with Crippen LogP contribution in [0, 0.1) is 6.92 Å². The van der Waals surface area contributed by atoms with E-state index in [2.05, 4.69) is 22.2 Å². The van der Waals surface area contributed by atoms with E-state index in [0.29, 0.717) is 22.4 Å². The summed E-state index contributed by atoms with van der Waals surface area (Å²) in [6.45, 7) is 2.91. The first-order valence-corrected chi connectivity index (χ1v) is 11.9. The Morgan fingerprint density at radius 2 is 1.51 bits per heavy atom. The molecule has 0 atom stereocenters. The SMILES string of the molecule is C=C(NNC(=O)c1ccc(CN(C)S(=O)(=O)c2ccc(C)cc2)cc1)c1ccc(OC(F)F)cc1. The summed E-state index contributed by atoms with van der Waals surface area (Å²) in [6, 6.07) is 18.9. The lowest BCUT2D eigenvalue weighted by Crippen LogP contribution is -2.35. The number of benzene rings is 3. The maximum atomic E-state index is 12.8. The fourth-order valence-electron chi connectivity index (χ4n) is 3.11. The minimum atomic E-state index is -3.64. The summed E-state index contributed by atoms with van der Waals surface area (Å²) < 4.78 is 55.5. The highest BCUT2D eigenvalue weighted by Crippen LogP contribution is 2.19. The Kier molecular flexibility index (Phi) is 8.21. The summed E-state index contributed by atoms with van der Waals surface area (Å²) in [7, 11) is -2.15. The molecule has 35 heavy (non-hydrogen) atoms. The van der Waals surface area contributed by atoms with Crippen LogP contribution in [-0.2, 0) is 16.6 Å². The standard InChI is InChI=1S/C25H25F2N3O4S/c1-17-4-14-23(15-5-17)35(32,33)30(3)16-19-6-8-21(9-7-19)24(31)29-28-18(2)20-10-12-22(13-11-20)34-25(26)27/h4-15,25,28H,2,16H2,1,3H3,(H,29,31). The number of hydrogen-bond acceptors (Lipinski definition) is 5. The van der Waals surface area contributed by atoms with Crippen molar-refractivity contribution in [3.63, 3.8) is 0 Å². The summed E-state index contributed by atoms with van der Waals surface area (Å²) in [4.78, 5) is 12.6. The predicted molar refractivity (Wildman–Crippen MR) is 129 cm³/mol. The number of nitrogens with zero attached hydrogens (tertiary/aromatic N) is 1. The van der Waals surface area contributed by atoms with Crippen LogP contribution in [0.5, 0.6) is 5.75 Å². The van der Waals surface area contributed by atoms with Crippen molar-refractivity contribution < 1.29 is 26.7 Å². The highest BCUT2D eigenvalue weighted by atomic mass is 32.2. The number of sulfonamides is 1. The number of hydrogen-bond donors (Lipinski definition) is 2. The van der Waals surface area contributed by atoms with Crippen molar-refractivity contribution in [1.82, 2.24) is 15.2 Å². The molecule has 2 N–H and O–H groups in total. The van der Waals surface area contributed by atoms with Crippen LogP contribution in [0.2, 0.25) is 0 Å². The van der Waals surface area contributed by atoms with Gasteiger partial charge in [0, 0.05) is 19.2 Å². The molecular weight excluding hydrogens is 476 g/mol. The second-order valence-electron chi connectivity index (χ2n) is 7.73. The van der Waals surface area contributed by atoms with Gasteiger partial charge >= 0.3 is 6.61 Å². The normalized spacial score (nSPS) is 11.4. The van der Waals surface area contributed by atoms with Crippen molar-refractivity contribution in [2.24, 2.45) is 0 Å². The molecule has 3 rings (SSSR count). The van der Waals surface area contributed by atoms with E-state index in [0.717, 1.165) is 5.56 Å². The van der Waals surface area contributed by atoms with Gasteiger partial charge in [-0.1, -0.05) is 36.4 Å². The van der Waals surface area contributed by atoms with Crippen LogP contribution in [0.3, 0.4) is 0 Å². The monoisotopic (exact) mass is 501 g/mol. The molecule has 0 aliphatic heterocycles. The van der Waals surface area contributed by atoms with Gasteiger partial charge in [0.05, 0.1) is 10.6 Å². The first-order chi connectivity index (χ1) is 16.6. The van der Waals surface area contributed by atoms with Crippen LogP contribution in [-0.4, -0.2) is 32.3 Å². The third kappa shape index (κ3) is 6.87. The lowest BCUT2D eigenvalue weighted by Gasteiger charge is -2.18. The molecule has 184 valence electrons. The van der Waals surface area contributed by atoms with E-state index in [-0.39, 0.29) is 17.2 Å². The first kappa shape index (κ1) is 25.9. The fourth-order valence-corrected chi connectivity index (χ4v) is 4.27. The van der Waals surface area contributed by atoms with Crippen LogP contribution < -0.4 is 15.6 Å². The quantitative estimate of drug-likeness (QED) is 0.404. The van der Waals surface area contributed by atoms with Crippen LogP contribution in [0.15, 0.2) is 84.3 Å². The average molecular weight is 502 g/mol. The molecule has 0 aromatic heterocycles. The number of alkyl halides is 2. The first-order valence-electron chi connectivity index (χ1n) is 10.5. The number of rotatable bonds is 10. The molecule has 0 aliphatic carbocycles. The van der Waals surface area contributed by atoms with E-state index in [1.165, 1.54) is 35.6 Å². The number of carbonyl (C=O) groups is 1. The molecule has 1 amide bonds. The summed E-state index contributed by atoms with van der Waals surface area (Å²) in [5.74, 6) is -0.422. The van der Waals surface area contributed by atoms with Crippen molar-refractivity contribution in [2.75, 3.05) is 7.05 Å². The van der Waals surface area contributed by atoms with Crippen LogP contribution in [0.25, 0.3) is 5.70 Å². The summed E-state index contributed by atoms with van der Waals surface area (Å²) in [5, 5.41) is 0. The van der Waals surface area contributed by atoms with Gasteiger partial charge in [-0.2, -0.15) is 13.1 Å². The van der Waals surface area contributed by atoms with Crippen LogP contribution in [0.1, 0.15) is 27.0 Å². The van der Waals surface area contributed by atoms with Crippen molar-refractivity contribution in [2.45, 2.75) is 25.0 Å². The van der Waals surface area contributed by atoms with Crippen molar-refractivity contribution >= 4 is 21.6 Å². The maximum Gasteiger partial charge on any atom is 0.387 e. The van der Waals surface area contributed by atoms with E-state index in [1.807, 2.05) is 6.92 Å². The molecule has 0 radical (unpaired) electrons. The number of nitrogens with one attached hydrogen (secondary N) is 2. The Labute approximate surface area is 203 Å². The van der Waals surface area contributed by atoms with E-state index in [4.69, 9.17) is 0 Å². The van der Waals surface area contributed by atoms with Gasteiger partial charge in [0.2, 0.25) is 10.0 Å². The molecule has 0 saturated carbocycles. The molecule has 7 nitrogen and oxygen atoms in total. The number of aryl methyl sites for hydroxylation is 1. The minimum absolute atomic E-state index is 0.0120. The zero-order valence-electron chi connectivity index (χ0n) is 19.2. The topological polar surface area (TPSA) is 87.7 Å². The zero-order chi connectivity index (χ0) is 25.6. The van der Waals surface area contributed by atoms with Gasteiger partial charge in [0.25, 0.3) is 5.91 Å². The molecule has 0 fully saturated rings.